The number of rotatable bonds is 6. The highest BCUT2D eigenvalue weighted by Gasteiger charge is 2.45. The molecule has 31 heavy (non-hydrogen) atoms. The van der Waals surface area contributed by atoms with E-state index in [0.29, 0.717) is 5.92 Å². The highest BCUT2D eigenvalue weighted by atomic mass is 35.5. The molecule has 158 valence electrons. The van der Waals surface area contributed by atoms with E-state index in [4.69, 9.17) is 11.6 Å². The van der Waals surface area contributed by atoms with E-state index in [1.165, 1.54) is 12.0 Å². The van der Waals surface area contributed by atoms with Gasteiger partial charge in [-0.1, -0.05) is 91.3 Å². The molecule has 0 amide bonds. The molecule has 1 heterocycles. The Morgan fingerprint density at radius 1 is 0.968 bits per heavy atom. The Kier molecular flexibility index (Phi) is 6.76. The summed E-state index contributed by atoms with van der Waals surface area (Å²) in [4.78, 5) is 2.56. The van der Waals surface area contributed by atoms with Crippen LogP contribution in [0.25, 0.3) is 0 Å². The van der Waals surface area contributed by atoms with Crippen molar-refractivity contribution in [2.45, 2.75) is 43.6 Å². The zero-order valence-corrected chi connectivity index (χ0v) is 18.8. The summed E-state index contributed by atoms with van der Waals surface area (Å²) in [6.07, 6.45) is 3.21. The van der Waals surface area contributed by atoms with Crippen molar-refractivity contribution in [3.05, 3.63) is 107 Å². The average molecular weight is 429 g/mol. The van der Waals surface area contributed by atoms with Gasteiger partial charge in [0.15, 0.2) is 0 Å². The van der Waals surface area contributed by atoms with E-state index in [-0.39, 0.29) is 6.04 Å². The zero-order chi connectivity index (χ0) is 21.7. The average Bonchev–Trinajstić information content (AvgIpc) is 2.84. The molecule has 0 aromatic heterocycles. The minimum Gasteiger partial charge on any atom is -0.298 e. The first-order valence-electron chi connectivity index (χ1n) is 11.2. The Balaban J connectivity index is 1.75. The maximum atomic E-state index is 10.7. The molecule has 0 bridgehead atoms. The first-order chi connectivity index (χ1) is 15.2. The standard InChI is InChI=1S/C28H29ClN2/c1-2-27(31-19-9-10-23(20-31)22-15-17-26(29)18-16-22)28(21-30,24-11-5-3-6-12-24)25-13-7-4-8-14-25/h3-8,11-18,23,27H,2,9-10,19-20H2,1H3. The van der Waals surface area contributed by atoms with Gasteiger partial charge in [-0.25, -0.2) is 0 Å². The molecule has 2 nitrogen and oxygen atoms in total. The molecule has 2 unspecified atom stereocenters. The monoisotopic (exact) mass is 428 g/mol. The molecule has 1 fully saturated rings. The minimum absolute atomic E-state index is 0.0948. The number of nitriles is 1. The molecule has 3 aromatic carbocycles. The predicted octanol–water partition coefficient (Wildman–Crippen LogP) is 6.81. The van der Waals surface area contributed by atoms with Crippen molar-refractivity contribution in [3.63, 3.8) is 0 Å². The van der Waals surface area contributed by atoms with Crippen LogP contribution >= 0.6 is 11.6 Å². The largest absolute Gasteiger partial charge is 0.298 e. The van der Waals surface area contributed by atoms with Gasteiger partial charge in [-0.3, -0.25) is 4.90 Å². The van der Waals surface area contributed by atoms with Crippen molar-refractivity contribution < 1.29 is 0 Å². The van der Waals surface area contributed by atoms with E-state index in [0.717, 1.165) is 42.1 Å². The van der Waals surface area contributed by atoms with Gasteiger partial charge >= 0.3 is 0 Å². The lowest BCUT2D eigenvalue weighted by molar-refractivity contribution is 0.114. The molecule has 0 aliphatic carbocycles. The zero-order valence-electron chi connectivity index (χ0n) is 18.0. The van der Waals surface area contributed by atoms with Crippen LogP contribution in [0.4, 0.5) is 0 Å². The number of hydrogen-bond acceptors (Lipinski definition) is 2. The summed E-state index contributed by atoms with van der Waals surface area (Å²) >= 11 is 6.12. The third-order valence-electron chi connectivity index (χ3n) is 6.76. The summed E-state index contributed by atoms with van der Waals surface area (Å²) in [5, 5.41) is 11.5. The van der Waals surface area contributed by atoms with E-state index in [2.05, 4.69) is 54.3 Å². The van der Waals surface area contributed by atoms with Crippen LogP contribution in [-0.4, -0.2) is 24.0 Å². The summed E-state index contributed by atoms with van der Waals surface area (Å²) in [7, 11) is 0. The minimum atomic E-state index is -0.709. The van der Waals surface area contributed by atoms with Gasteiger partial charge in [-0.05, 0) is 60.5 Å². The summed E-state index contributed by atoms with van der Waals surface area (Å²) in [6, 6.07) is 31.8. The topological polar surface area (TPSA) is 27.0 Å². The van der Waals surface area contributed by atoms with Crippen LogP contribution in [-0.2, 0) is 5.41 Å². The fourth-order valence-electron chi connectivity index (χ4n) is 5.29. The maximum absolute atomic E-state index is 10.7. The molecular formula is C28H29ClN2. The van der Waals surface area contributed by atoms with Crippen molar-refractivity contribution in [1.82, 2.24) is 4.90 Å². The van der Waals surface area contributed by atoms with Crippen LogP contribution in [0, 0.1) is 11.3 Å². The van der Waals surface area contributed by atoms with Crippen molar-refractivity contribution in [2.75, 3.05) is 13.1 Å². The summed E-state index contributed by atoms with van der Waals surface area (Å²) in [5.41, 5.74) is 2.78. The molecule has 0 N–H and O–H groups in total. The van der Waals surface area contributed by atoms with Crippen LogP contribution in [0.15, 0.2) is 84.9 Å². The lowest BCUT2D eigenvalue weighted by atomic mass is 9.68. The normalized spacial score (nSPS) is 18.3. The van der Waals surface area contributed by atoms with Gasteiger partial charge in [0.1, 0.15) is 5.41 Å². The molecule has 0 spiro atoms. The molecule has 1 aliphatic rings. The Morgan fingerprint density at radius 2 is 1.55 bits per heavy atom. The van der Waals surface area contributed by atoms with E-state index in [1.807, 2.05) is 48.5 Å². The highest BCUT2D eigenvalue weighted by Crippen LogP contribution is 2.41. The molecule has 1 aliphatic heterocycles. The van der Waals surface area contributed by atoms with Gasteiger partial charge < -0.3 is 0 Å². The van der Waals surface area contributed by atoms with Crippen molar-refractivity contribution >= 4 is 11.6 Å². The van der Waals surface area contributed by atoms with Crippen LogP contribution in [0.3, 0.4) is 0 Å². The number of hydrogen-bond donors (Lipinski definition) is 0. The first-order valence-corrected chi connectivity index (χ1v) is 11.6. The van der Waals surface area contributed by atoms with Gasteiger partial charge in [0.05, 0.1) is 6.07 Å². The maximum Gasteiger partial charge on any atom is 0.123 e. The van der Waals surface area contributed by atoms with Crippen LogP contribution in [0.2, 0.25) is 5.02 Å². The van der Waals surface area contributed by atoms with E-state index >= 15 is 0 Å². The first kappa shape index (κ1) is 21.6. The highest BCUT2D eigenvalue weighted by molar-refractivity contribution is 6.30. The fraction of sp³-hybridized carbons (Fsp3) is 0.321. The van der Waals surface area contributed by atoms with Gasteiger partial charge in [0, 0.05) is 17.6 Å². The predicted molar refractivity (Wildman–Crippen MR) is 128 cm³/mol. The second-order valence-electron chi connectivity index (χ2n) is 8.46. The van der Waals surface area contributed by atoms with Crippen molar-refractivity contribution in [3.8, 4) is 6.07 Å². The van der Waals surface area contributed by atoms with E-state index < -0.39 is 5.41 Å². The van der Waals surface area contributed by atoms with Gasteiger partial charge in [0.25, 0.3) is 0 Å². The Labute approximate surface area is 191 Å². The quantitative estimate of drug-likeness (QED) is 0.431. The van der Waals surface area contributed by atoms with E-state index in [9.17, 15) is 5.26 Å². The second-order valence-corrected chi connectivity index (χ2v) is 8.90. The molecule has 0 saturated carbocycles. The molecular weight excluding hydrogens is 400 g/mol. The van der Waals surface area contributed by atoms with E-state index in [1.54, 1.807) is 0 Å². The third kappa shape index (κ3) is 4.26. The molecule has 0 radical (unpaired) electrons. The number of nitrogens with zero attached hydrogens (tertiary/aromatic N) is 2. The van der Waals surface area contributed by atoms with Crippen LogP contribution in [0.1, 0.15) is 48.8 Å². The van der Waals surface area contributed by atoms with Crippen LogP contribution < -0.4 is 0 Å². The molecule has 2 atom stereocenters. The van der Waals surface area contributed by atoms with Crippen molar-refractivity contribution in [1.29, 1.82) is 5.26 Å². The molecule has 1 saturated heterocycles. The SMILES string of the molecule is CCC(N1CCCC(c2ccc(Cl)cc2)C1)C(C#N)(c1ccccc1)c1ccccc1. The fourth-order valence-corrected chi connectivity index (χ4v) is 5.42. The van der Waals surface area contributed by atoms with Crippen molar-refractivity contribution in [2.24, 2.45) is 0 Å². The second kappa shape index (κ2) is 9.69. The Bertz CT molecular complexity index is 969. The smallest absolute Gasteiger partial charge is 0.123 e. The third-order valence-corrected chi connectivity index (χ3v) is 7.01. The Hall–Kier alpha value is -2.60. The number of halogens is 1. The lowest BCUT2D eigenvalue weighted by Crippen LogP contribution is -2.53. The van der Waals surface area contributed by atoms with Gasteiger partial charge in [-0.2, -0.15) is 5.26 Å². The Morgan fingerprint density at radius 3 is 2.06 bits per heavy atom. The van der Waals surface area contributed by atoms with Crippen LogP contribution in [0.5, 0.6) is 0 Å². The van der Waals surface area contributed by atoms with Gasteiger partial charge in [0.2, 0.25) is 0 Å². The number of likely N-dealkylation sites (tertiary alicyclic amines) is 1. The summed E-state index contributed by atoms with van der Waals surface area (Å²) in [6.45, 7) is 4.20. The summed E-state index contributed by atoms with van der Waals surface area (Å²) < 4.78 is 0. The number of piperidine rings is 1. The van der Waals surface area contributed by atoms with Gasteiger partial charge in [-0.15, -0.1) is 0 Å². The number of benzene rings is 3. The molecule has 4 rings (SSSR count). The molecule has 3 aromatic rings. The summed E-state index contributed by atoms with van der Waals surface area (Å²) in [5.74, 6) is 0.461. The lowest BCUT2D eigenvalue weighted by Gasteiger charge is -2.46. The molecule has 3 heteroatoms.